The summed E-state index contributed by atoms with van der Waals surface area (Å²) >= 11 is 0. The average Bonchev–Trinajstić information content (AvgIpc) is 1.69. The zero-order chi connectivity index (χ0) is 5.11. The molecule has 0 unspecified atom stereocenters. The van der Waals surface area contributed by atoms with Crippen molar-refractivity contribution in [2.45, 2.75) is 6.92 Å². The molecule has 1 aromatic heterocycles. The molecule has 1 aromatic rings. The fourth-order valence-electron chi connectivity index (χ4n) is 0.262. The van der Waals surface area contributed by atoms with Crippen LogP contribution >= 0.6 is 0 Å². The Morgan fingerprint density at radius 1 is 1.71 bits per heavy atom. The standard InChI is InChI=1S/C3H6N2O2/c1-3-2-6-5-7-4-3/h2,4-5H,1H3. The molecule has 4 heteroatoms. The molecule has 1 rings (SSSR count). The van der Waals surface area contributed by atoms with Crippen LogP contribution in [0.2, 0.25) is 0 Å². The maximum Gasteiger partial charge on any atom is 0.145 e. The smallest absolute Gasteiger partial charge is 0.145 e. The molecule has 0 atom stereocenters. The SMILES string of the molecule is Cc1co[nH]o[nH]1. The Labute approximate surface area is 39.7 Å². The minimum Gasteiger partial charge on any atom is -0.356 e. The summed E-state index contributed by atoms with van der Waals surface area (Å²) in [4.78, 5) is 0. The number of aryl methyl sites for hydroxylation is 1. The fraction of sp³-hybridized carbons (Fsp3) is 0.333. The van der Waals surface area contributed by atoms with Gasteiger partial charge in [0.25, 0.3) is 0 Å². The van der Waals surface area contributed by atoms with Gasteiger partial charge >= 0.3 is 0 Å². The number of rotatable bonds is 0. The van der Waals surface area contributed by atoms with E-state index in [0.29, 0.717) is 0 Å². The van der Waals surface area contributed by atoms with E-state index in [0.717, 1.165) is 5.69 Å². The van der Waals surface area contributed by atoms with E-state index in [9.17, 15) is 0 Å². The van der Waals surface area contributed by atoms with Gasteiger partial charge in [-0.1, -0.05) is 5.33 Å². The Morgan fingerprint density at radius 3 is 2.86 bits per heavy atom. The molecule has 0 saturated heterocycles. The summed E-state index contributed by atoms with van der Waals surface area (Å²) in [6, 6.07) is 0. The zero-order valence-corrected chi connectivity index (χ0v) is 3.89. The van der Waals surface area contributed by atoms with Crippen molar-refractivity contribution in [3.05, 3.63) is 12.0 Å². The molecule has 0 spiro atoms. The second-order valence-corrected chi connectivity index (χ2v) is 1.21. The van der Waals surface area contributed by atoms with Gasteiger partial charge < -0.3 is 4.52 Å². The lowest BCUT2D eigenvalue weighted by Gasteiger charge is -1.85. The predicted molar refractivity (Wildman–Crippen MR) is 22.0 cm³/mol. The van der Waals surface area contributed by atoms with Crippen LogP contribution < -0.4 is 0 Å². The average molecular weight is 102 g/mol. The third-order valence-electron chi connectivity index (χ3n) is 0.538. The molecule has 0 saturated carbocycles. The van der Waals surface area contributed by atoms with E-state index in [4.69, 9.17) is 0 Å². The predicted octanol–water partition coefficient (Wildman–Crippen LogP) is 0.962. The molecule has 7 heavy (non-hydrogen) atoms. The van der Waals surface area contributed by atoms with Crippen molar-refractivity contribution < 1.29 is 9.15 Å². The largest absolute Gasteiger partial charge is 0.356 e. The van der Waals surface area contributed by atoms with Crippen LogP contribution in [0.1, 0.15) is 5.69 Å². The Bertz CT molecular complexity index is 141. The number of nitrogens with one attached hydrogen (secondary N) is 2. The zero-order valence-electron chi connectivity index (χ0n) is 3.89. The summed E-state index contributed by atoms with van der Waals surface area (Å²) in [6.07, 6.45) is 1.50. The molecule has 0 aliphatic heterocycles. The molecular weight excluding hydrogens is 96.0 g/mol. The van der Waals surface area contributed by atoms with Crippen LogP contribution in [0.4, 0.5) is 0 Å². The summed E-state index contributed by atoms with van der Waals surface area (Å²) in [5.74, 6) is 0. The molecule has 0 aliphatic rings. The first-order valence-electron chi connectivity index (χ1n) is 1.89. The van der Waals surface area contributed by atoms with E-state index in [-0.39, 0.29) is 0 Å². The molecule has 40 valence electrons. The highest BCUT2D eigenvalue weighted by atomic mass is 16.7. The summed E-state index contributed by atoms with van der Waals surface area (Å²) in [6.45, 7) is 1.82. The molecule has 2 N–H and O–H groups in total. The fourth-order valence-corrected chi connectivity index (χ4v) is 0.262. The molecule has 0 fully saturated rings. The highest BCUT2D eigenvalue weighted by Gasteiger charge is 1.74. The van der Waals surface area contributed by atoms with Gasteiger partial charge in [0, 0.05) is 0 Å². The van der Waals surface area contributed by atoms with Crippen LogP contribution in [-0.2, 0) is 0 Å². The van der Waals surface area contributed by atoms with Crippen LogP contribution in [-0.4, -0.2) is 10.5 Å². The van der Waals surface area contributed by atoms with E-state index in [1.807, 2.05) is 6.92 Å². The van der Waals surface area contributed by atoms with Crippen LogP contribution in [0, 0.1) is 6.92 Å². The highest BCUT2D eigenvalue weighted by Crippen LogP contribution is 1.82. The van der Waals surface area contributed by atoms with Gasteiger partial charge in [0.05, 0.1) is 5.69 Å². The van der Waals surface area contributed by atoms with E-state index < -0.39 is 0 Å². The summed E-state index contributed by atoms with van der Waals surface area (Å²) < 4.78 is 8.88. The van der Waals surface area contributed by atoms with Crippen molar-refractivity contribution in [1.29, 1.82) is 0 Å². The van der Waals surface area contributed by atoms with Gasteiger partial charge in [-0.2, -0.15) is 5.16 Å². The van der Waals surface area contributed by atoms with Gasteiger partial charge in [-0.05, 0) is 6.92 Å². The Morgan fingerprint density at radius 2 is 2.57 bits per heavy atom. The van der Waals surface area contributed by atoms with Crippen LogP contribution in [0.5, 0.6) is 0 Å². The van der Waals surface area contributed by atoms with Gasteiger partial charge in [0.2, 0.25) is 0 Å². The Kier molecular flexibility index (Phi) is 0.934. The number of aromatic amines is 2. The number of hydrogen-bond acceptors (Lipinski definition) is 2. The molecule has 0 radical (unpaired) electrons. The van der Waals surface area contributed by atoms with Crippen molar-refractivity contribution in [3.63, 3.8) is 0 Å². The second-order valence-electron chi connectivity index (χ2n) is 1.21. The first-order chi connectivity index (χ1) is 3.39. The quantitative estimate of drug-likeness (QED) is 0.512. The molecule has 0 aliphatic carbocycles. The summed E-state index contributed by atoms with van der Waals surface area (Å²) in [7, 11) is 0. The summed E-state index contributed by atoms with van der Waals surface area (Å²) in [5, 5.41) is 4.63. The minimum absolute atomic E-state index is 0.832. The maximum atomic E-state index is 4.48. The number of H-pyrrole nitrogens is 2. The molecule has 0 amide bonds. The maximum absolute atomic E-state index is 4.48. The second kappa shape index (κ2) is 1.59. The van der Waals surface area contributed by atoms with E-state index in [2.05, 4.69) is 19.6 Å². The third kappa shape index (κ3) is 0.887. The lowest BCUT2D eigenvalue weighted by molar-refractivity contribution is 0.116. The van der Waals surface area contributed by atoms with Crippen molar-refractivity contribution in [2.75, 3.05) is 0 Å². The molecule has 0 bridgehead atoms. The van der Waals surface area contributed by atoms with Gasteiger partial charge in [-0.15, -0.1) is 0 Å². The van der Waals surface area contributed by atoms with Crippen LogP contribution in [0.3, 0.4) is 0 Å². The van der Waals surface area contributed by atoms with Gasteiger partial charge in [-0.25, -0.2) is 0 Å². The monoisotopic (exact) mass is 102 g/mol. The van der Waals surface area contributed by atoms with E-state index in [1.54, 1.807) is 0 Å². The first-order valence-corrected chi connectivity index (χ1v) is 1.89. The lowest BCUT2D eigenvalue weighted by atomic mass is 10.6. The minimum atomic E-state index is 0.832. The lowest BCUT2D eigenvalue weighted by Crippen LogP contribution is -1.77. The van der Waals surface area contributed by atoms with E-state index >= 15 is 0 Å². The van der Waals surface area contributed by atoms with Crippen LogP contribution in [0.15, 0.2) is 15.4 Å². The normalized spacial score (nSPS) is 8.71. The molecule has 4 nitrogen and oxygen atoms in total. The number of aromatic nitrogens is 2. The van der Waals surface area contributed by atoms with Crippen LogP contribution in [0.25, 0.3) is 0 Å². The van der Waals surface area contributed by atoms with E-state index in [1.165, 1.54) is 6.26 Å². The Hall–Kier alpha value is -1.06. The number of hydrogen-bond donors (Lipinski definition) is 2. The Balaban J connectivity index is 3.02. The molecular formula is C3H6N2O2. The van der Waals surface area contributed by atoms with Gasteiger partial charge in [0.1, 0.15) is 6.26 Å². The topological polar surface area (TPSA) is 57.9 Å². The highest BCUT2D eigenvalue weighted by molar-refractivity contribution is 4.77. The third-order valence-corrected chi connectivity index (χ3v) is 0.538. The first kappa shape index (κ1) is 4.11. The molecule has 0 aromatic carbocycles. The van der Waals surface area contributed by atoms with Gasteiger partial charge in [-0.3, -0.25) is 4.63 Å². The summed E-state index contributed by atoms with van der Waals surface area (Å²) in [5.41, 5.74) is 0.832. The molecule has 1 heterocycles. The van der Waals surface area contributed by atoms with Crippen molar-refractivity contribution in [3.8, 4) is 0 Å². The van der Waals surface area contributed by atoms with Crippen molar-refractivity contribution in [2.24, 2.45) is 0 Å². The van der Waals surface area contributed by atoms with Crippen molar-refractivity contribution in [1.82, 2.24) is 10.5 Å². The van der Waals surface area contributed by atoms with Gasteiger partial charge in [0.15, 0.2) is 0 Å². The van der Waals surface area contributed by atoms with Crippen molar-refractivity contribution >= 4 is 0 Å².